The molecule has 0 saturated carbocycles. The Hall–Kier alpha value is -2.67. The van der Waals surface area contributed by atoms with Gasteiger partial charge in [0.05, 0.1) is 12.5 Å². The SMILES string of the molecule is CCCCCOC(=O)C(CSC(=O)C(C)c1ccc(-c2ccccc2)c(F)c1)NC(C)=O. The summed E-state index contributed by atoms with van der Waals surface area (Å²) >= 11 is 0.931. The minimum atomic E-state index is -0.910. The van der Waals surface area contributed by atoms with Gasteiger partial charge in [-0.3, -0.25) is 9.59 Å². The predicted octanol–water partition coefficient (Wildman–Crippen LogP) is 5.09. The number of thioether (sulfide) groups is 1. The summed E-state index contributed by atoms with van der Waals surface area (Å²) in [6.45, 7) is 5.34. The number of hydrogen-bond donors (Lipinski definition) is 1. The number of carbonyl (C=O) groups is 3. The monoisotopic (exact) mass is 459 g/mol. The average Bonchev–Trinajstić information content (AvgIpc) is 2.78. The van der Waals surface area contributed by atoms with Crippen LogP contribution in [-0.2, 0) is 19.1 Å². The van der Waals surface area contributed by atoms with E-state index in [0.717, 1.165) is 36.6 Å². The molecule has 172 valence electrons. The van der Waals surface area contributed by atoms with E-state index in [0.29, 0.717) is 11.1 Å². The fourth-order valence-corrected chi connectivity index (χ4v) is 4.05. The number of carbonyl (C=O) groups excluding carboxylic acids is 3. The molecule has 0 radical (unpaired) electrons. The van der Waals surface area contributed by atoms with Crippen molar-refractivity contribution in [3.05, 3.63) is 59.9 Å². The van der Waals surface area contributed by atoms with Crippen molar-refractivity contribution >= 4 is 28.8 Å². The third kappa shape index (κ3) is 7.79. The first-order valence-corrected chi connectivity index (χ1v) is 11.8. The van der Waals surface area contributed by atoms with E-state index in [4.69, 9.17) is 4.74 Å². The van der Waals surface area contributed by atoms with Crippen LogP contribution in [0.4, 0.5) is 4.39 Å². The standard InChI is InChI=1S/C25H30FNO4S/c1-4-5-9-14-31-24(29)23(27-18(3)28)16-32-25(30)17(2)20-12-13-21(22(26)15-20)19-10-7-6-8-11-19/h6-8,10-13,15,17,23H,4-5,9,14,16H2,1-3H3,(H,27,28). The topological polar surface area (TPSA) is 72.5 Å². The van der Waals surface area contributed by atoms with Gasteiger partial charge in [0.25, 0.3) is 0 Å². The van der Waals surface area contributed by atoms with E-state index in [2.05, 4.69) is 5.32 Å². The van der Waals surface area contributed by atoms with Gasteiger partial charge in [0, 0.05) is 18.2 Å². The Balaban J connectivity index is 1.99. The van der Waals surface area contributed by atoms with Crippen molar-refractivity contribution in [2.24, 2.45) is 0 Å². The Bertz CT molecular complexity index is 919. The van der Waals surface area contributed by atoms with Crippen LogP contribution in [0.25, 0.3) is 11.1 Å². The molecule has 0 aliphatic carbocycles. The molecule has 32 heavy (non-hydrogen) atoms. The van der Waals surface area contributed by atoms with Gasteiger partial charge < -0.3 is 10.1 Å². The van der Waals surface area contributed by atoms with Gasteiger partial charge >= 0.3 is 5.97 Å². The Morgan fingerprint density at radius 3 is 2.44 bits per heavy atom. The number of ether oxygens (including phenoxy) is 1. The van der Waals surface area contributed by atoms with Crippen LogP contribution in [0, 0.1) is 5.82 Å². The van der Waals surface area contributed by atoms with Crippen molar-refractivity contribution in [2.45, 2.75) is 52.0 Å². The molecule has 2 aromatic rings. The third-order valence-corrected chi connectivity index (χ3v) is 6.12. The Labute approximate surface area is 193 Å². The first kappa shape index (κ1) is 25.6. The van der Waals surface area contributed by atoms with Crippen molar-refractivity contribution in [3.8, 4) is 11.1 Å². The smallest absolute Gasteiger partial charge is 0.329 e. The highest BCUT2D eigenvalue weighted by molar-refractivity contribution is 8.13. The highest BCUT2D eigenvalue weighted by Gasteiger charge is 2.25. The van der Waals surface area contributed by atoms with Gasteiger partial charge in [0.1, 0.15) is 11.9 Å². The largest absolute Gasteiger partial charge is 0.464 e. The Morgan fingerprint density at radius 2 is 1.81 bits per heavy atom. The molecule has 2 aromatic carbocycles. The molecule has 0 saturated heterocycles. The minimum Gasteiger partial charge on any atom is -0.464 e. The van der Waals surface area contributed by atoms with Gasteiger partial charge in [-0.05, 0) is 23.6 Å². The molecule has 5 nitrogen and oxygen atoms in total. The fourth-order valence-electron chi connectivity index (χ4n) is 3.12. The van der Waals surface area contributed by atoms with Crippen LogP contribution in [0.2, 0.25) is 0 Å². The maximum absolute atomic E-state index is 14.7. The van der Waals surface area contributed by atoms with E-state index in [1.165, 1.54) is 13.0 Å². The zero-order chi connectivity index (χ0) is 23.5. The van der Waals surface area contributed by atoms with Crippen LogP contribution in [0.3, 0.4) is 0 Å². The lowest BCUT2D eigenvalue weighted by molar-refractivity contribution is -0.147. The van der Waals surface area contributed by atoms with Crippen LogP contribution in [-0.4, -0.2) is 35.4 Å². The van der Waals surface area contributed by atoms with Gasteiger partial charge in [-0.25, -0.2) is 9.18 Å². The zero-order valence-electron chi connectivity index (χ0n) is 18.7. The summed E-state index contributed by atoms with van der Waals surface area (Å²) in [4.78, 5) is 36.5. The highest BCUT2D eigenvalue weighted by Crippen LogP contribution is 2.28. The number of halogens is 1. The summed E-state index contributed by atoms with van der Waals surface area (Å²) < 4.78 is 19.9. The van der Waals surface area contributed by atoms with Crippen LogP contribution >= 0.6 is 11.8 Å². The van der Waals surface area contributed by atoms with Gasteiger partial charge in [-0.1, -0.05) is 80.9 Å². The fraction of sp³-hybridized carbons (Fsp3) is 0.400. The van der Waals surface area contributed by atoms with Crippen LogP contribution < -0.4 is 5.32 Å². The van der Waals surface area contributed by atoms with Gasteiger partial charge in [-0.15, -0.1) is 0 Å². The molecular weight excluding hydrogens is 429 g/mol. The number of rotatable bonds is 11. The molecule has 0 fully saturated rings. The molecule has 1 N–H and O–H groups in total. The van der Waals surface area contributed by atoms with Crippen molar-refractivity contribution in [1.82, 2.24) is 5.32 Å². The predicted molar refractivity (Wildman–Crippen MR) is 126 cm³/mol. The lowest BCUT2D eigenvalue weighted by Crippen LogP contribution is -2.43. The summed E-state index contributed by atoms with van der Waals surface area (Å²) in [5.74, 6) is -1.84. The molecule has 7 heteroatoms. The maximum Gasteiger partial charge on any atom is 0.329 e. The average molecular weight is 460 g/mol. The van der Waals surface area contributed by atoms with E-state index in [1.54, 1.807) is 19.1 Å². The van der Waals surface area contributed by atoms with Crippen molar-refractivity contribution in [2.75, 3.05) is 12.4 Å². The number of nitrogens with one attached hydrogen (secondary N) is 1. The van der Waals surface area contributed by atoms with Crippen LogP contribution in [0.15, 0.2) is 48.5 Å². The molecule has 0 aliphatic heterocycles. The van der Waals surface area contributed by atoms with E-state index >= 15 is 0 Å². The second-order valence-corrected chi connectivity index (χ2v) is 8.61. The van der Waals surface area contributed by atoms with Crippen LogP contribution in [0.5, 0.6) is 0 Å². The summed E-state index contributed by atoms with van der Waals surface area (Å²) in [7, 11) is 0. The molecule has 2 rings (SSSR count). The summed E-state index contributed by atoms with van der Waals surface area (Å²) in [6, 6.07) is 13.1. The normalized spacial score (nSPS) is 12.6. The van der Waals surface area contributed by atoms with E-state index in [-0.39, 0.29) is 23.4 Å². The number of benzene rings is 2. The van der Waals surface area contributed by atoms with Crippen LogP contribution in [0.1, 0.15) is 51.5 Å². The second kappa shape index (κ2) is 13.0. The lowest BCUT2D eigenvalue weighted by atomic mass is 9.98. The van der Waals surface area contributed by atoms with E-state index < -0.39 is 23.7 Å². The molecule has 0 aliphatic rings. The van der Waals surface area contributed by atoms with Gasteiger partial charge in [0.15, 0.2) is 5.12 Å². The Morgan fingerprint density at radius 1 is 1.09 bits per heavy atom. The summed E-state index contributed by atoms with van der Waals surface area (Å²) in [5.41, 5.74) is 1.79. The van der Waals surface area contributed by atoms with E-state index in [9.17, 15) is 18.8 Å². The third-order valence-electron chi connectivity index (χ3n) is 4.98. The lowest BCUT2D eigenvalue weighted by Gasteiger charge is -2.17. The molecule has 2 atom stereocenters. The number of amides is 1. The quantitative estimate of drug-likeness (QED) is 0.374. The summed E-state index contributed by atoms with van der Waals surface area (Å²) in [5, 5.41) is 2.33. The van der Waals surface area contributed by atoms with Crippen molar-refractivity contribution < 1.29 is 23.5 Å². The summed E-state index contributed by atoms with van der Waals surface area (Å²) in [6.07, 6.45) is 2.70. The molecule has 1 amide bonds. The minimum absolute atomic E-state index is 0.0555. The second-order valence-electron chi connectivity index (χ2n) is 7.58. The highest BCUT2D eigenvalue weighted by atomic mass is 32.2. The first-order chi connectivity index (χ1) is 15.3. The van der Waals surface area contributed by atoms with Crippen molar-refractivity contribution in [1.29, 1.82) is 0 Å². The number of esters is 1. The first-order valence-electron chi connectivity index (χ1n) is 10.8. The van der Waals surface area contributed by atoms with E-state index in [1.807, 2.05) is 37.3 Å². The molecule has 0 heterocycles. The molecule has 2 unspecified atom stereocenters. The number of unbranched alkanes of at least 4 members (excludes halogenated alkanes) is 2. The maximum atomic E-state index is 14.7. The molecule has 0 spiro atoms. The molecular formula is C25H30FNO4S. The zero-order valence-corrected chi connectivity index (χ0v) is 19.5. The number of hydrogen-bond acceptors (Lipinski definition) is 5. The van der Waals surface area contributed by atoms with Gasteiger partial charge in [-0.2, -0.15) is 0 Å². The van der Waals surface area contributed by atoms with Gasteiger partial charge in [0.2, 0.25) is 5.91 Å². The van der Waals surface area contributed by atoms with Crippen molar-refractivity contribution in [3.63, 3.8) is 0 Å². The Kier molecular flexibility index (Phi) is 10.4. The molecule has 0 aromatic heterocycles. The molecule has 0 bridgehead atoms.